The van der Waals surface area contributed by atoms with Crippen LogP contribution in [0.3, 0.4) is 0 Å². The van der Waals surface area contributed by atoms with Crippen LogP contribution in [-0.2, 0) is 15.4 Å². The van der Waals surface area contributed by atoms with Crippen molar-refractivity contribution in [2.24, 2.45) is 0 Å². The van der Waals surface area contributed by atoms with E-state index in [2.05, 4.69) is 30.8 Å². The van der Waals surface area contributed by atoms with E-state index in [1.807, 2.05) is 12.1 Å². The Morgan fingerprint density at radius 3 is 2.29 bits per heavy atom. The molecule has 4 nitrogen and oxygen atoms in total. The van der Waals surface area contributed by atoms with E-state index in [9.17, 15) is 8.42 Å². The molecule has 21 heavy (non-hydrogen) atoms. The van der Waals surface area contributed by atoms with E-state index in [-0.39, 0.29) is 23.9 Å². The van der Waals surface area contributed by atoms with Crippen molar-refractivity contribution in [2.45, 2.75) is 50.0 Å². The number of hydrogen-bond donors (Lipinski definition) is 2. The van der Waals surface area contributed by atoms with Gasteiger partial charge in [0.15, 0.2) is 0 Å². The summed E-state index contributed by atoms with van der Waals surface area (Å²) in [6.07, 6.45) is 1.91. The van der Waals surface area contributed by atoms with Gasteiger partial charge in [-0.1, -0.05) is 32.9 Å². The Kier molecular flexibility index (Phi) is 6.23. The molecule has 0 radical (unpaired) electrons. The molecule has 0 saturated carbocycles. The fourth-order valence-corrected chi connectivity index (χ4v) is 3.64. The molecule has 6 heteroatoms. The number of sulfonamides is 1. The molecule has 1 heterocycles. The summed E-state index contributed by atoms with van der Waals surface area (Å²) in [7, 11) is -3.41. The Hall–Kier alpha value is -0.620. The fraction of sp³-hybridized carbons (Fsp3) is 0.600. The zero-order valence-electron chi connectivity index (χ0n) is 12.8. The van der Waals surface area contributed by atoms with Crippen molar-refractivity contribution >= 4 is 22.4 Å². The molecule has 1 aliphatic heterocycles. The second kappa shape index (κ2) is 7.09. The first-order valence-electron chi connectivity index (χ1n) is 7.13. The van der Waals surface area contributed by atoms with E-state index in [1.54, 1.807) is 12.1 Å². The van der Waals surface area contributed by atoms with Crippen molar-refractivity contribution < 1.29 is 8.42 Å². The molecule has 1 aliphatic rings. The lowest BCUT2D eigenvalue weighted by Crippen LogP contribution is -2.45. The molecule has 2 N–H and O–H groups in total. The van der Waals surface area contributed by atoms with Gasteiger partial charge < -0.3 is 5.32 Å². The SMILES string of the molecule is CC(C)(C)c1ccc(S(=O)(=O)N[C@@H]2CCCNC2)cc1.Cl. The Bertz CT molecular complexity index is 544. The average molecular weight is 333 g/mol. The lowest BCUT2D eigenvalue weighted by molar-refractivity contribution is 0.428. The van der Waals surface area contributed by atoms with Crippen LogP contribution in [0.5, 0.6) is 0 Å². The van der Waals surface area contributed by atoms with Crippen LogP contribution in [0.1, 0.15) is 39.2 Å². The van der Waals surface area contributed by atoms with E-state index >= 15 is 0 Å². The predicted octanol–water partition coefficient (Wildman–Crippen LogP) is 2.44. The lowest BCUT2D eigenvalue weighted by Gasteiger charge is -2.24. The Morgan fingerprint density at radius 1 is 1.19 bits per heavy atom. The first kappa shape index (κ1) is 18.4. The molecular weight excluding hydrogens is 308 g/mol. The topological polar surface area (TPSA) is 58.2 Å². The molecular formula is C15H25ClN2O2S. The largest absolute Gasteiger partial charge is 0.315 e. The van der Waals surface area contributed by atoms with Gasteiger partial charge >= 0.3 is 0 Å². The minimum Gasteiger partial charge on any atom is -0.315 e. The van der Waals surface area contributed by atoms with E-state index in [0.717, 1.165) is 24.9 Å². The predicted molar refractivity (Wildman–Crippen MR) is 88.6 cm³/mol. The van der Waals surface area contributed by atoms with E-state index in [1.165, 1.54) is 0 Å². The first-order chi connectivity index (χ1) is 9.29. The van der Waals surface area contributed by atoms with Gasteiger partial charge in [0.1, 0.15) is 0 Å². The number of piperidine rings is 1. The summed E-state index contributed by atoms with van der Waals surface area (Å²) in [4.78, 5) is 0.344. The van der Waals surface area contributed by atoms with Crippen LogP contribution in [0.15, 0.2) is 29.2 Å². The molecule has 1 fully saturated rings. The monoisotopic (exact) mass is 332 g/mol. The summed E-state index contributed by atoms with van der Waals surface area (Å²) in [6, 6.07) is 7.18. The van der Waals surface area contributed by atoms with Gasteiger partial charge in [-0.15, -0.1) is 12.4 Å². The summed E-state index contributed by atoms with van der Waals surface area (Å²) in [5, 5.41) is 3.21. The highest BCUT2D eigenvalue weighted by molar-refractivity contribution is 7.89. The summed E-state index contributed by atoms with van der Waals surface area (Å²) < 4.78 is 27.4. The van der Waals surface area contributed by atoms with Crippen molar-refractivity contribution in [3.05, 3.63) is 29.8 Å². The van der Waals surface area contributed by atoms with Crippen LogP contribution in [-0.4, -0.2) is 27.5 Å². The second-order valence-corrected chi connectivity index (χ2v) is 8.15. The zero-order chi connectivity index (χ0) is 14.8. The van der Waals surface area contributed by atoms with Gasteiger partial charge in [-0.25, -0.2) is 13.1 Å². The Labute approximate surface area is 134 Å². The molecule has 1 aromatic rings. The number of rotatable bonds is 3. The van der Waals surface area contributed by atoms with Crippen LogP contribution < -0.4 is 10.0 Å². The van der Waals surface area contributed by atoms with Gasteiger partial charge in [0.05, 0.1) is 4.90 Å². The van der Waals surface area contributed by atoms with Gasteiger partial charge in [0, 0.05) is 12.6 Å². The minimum absolute atomic E-state index is 0. The lowest BCUT2D eigenvalue weighted by atomic mass is 9.87. The maximum absolute atomic E-state index is 12.3. The molecule has 120 valence electrons. The van der Waals surface area contributed by atoms with E-state index in [4.69, 9.17) is 0 Å². The highest BCUT2D eigenvalue weighted by Crippen LogP contribution is 2.23. The van der Waals surface area contributed by atoms with Crippen molar-refractivity contribution in [3.63, 3.8) is 0 Å². The highest BCUT2D eigenvalue weighted by Gasteiger charge is 2.22. The molecule has 0 aliphatic carbocycles. The molecule has 1 aromatic carbocycles. The van der Waals surface area contributed by atoms with Crippen LogP contribution in [0.4, 0.5) is 0 Å². The van der Waals surface area contributed by atoms with E-state index in [0.29, 0.717) is 11.4 Å². The summed E-state index contributed by atoms with van der Waals surface area (Å²) >= 11 is 0. The molecule has 1 saturated heterocycles. The van der Waals surface area contributed by atoms with Crippen LogP contribution >= 0.6 is 12.4 Å². The summed E-state index contributed by atoms with van der Waals surface area (Å²) in [5.74, 6) is 0. The molecule has 0 aromatic heterocycles. The minimum atomic E-state index is -3.41. The third kappa shape index (κ3) is 4.95. The molecule has 2 rings (SSSR count). The fourth-order valence-electron chi connectivity index (χ4n) is 2.37. The average Bonchev–Trinajstić information content (AvgIpc) is 2.38. The van der Waals surface area contributed by atoms with Gasteiger partial charge in [-0.2, -0.15) is 0 Å². The van der Waals surface area contributed by atoms with Gasteiger partial charge in [0.2, 0.25) is 10.0 Å². The normalized spacial score (nSPS) is 19.9. The maximum Gasteiger partial charge on any atom is 0.240 e. The van der Waals surface area contributed by atoms with Gasteiger partial charge in [-0.3, -0.25) is 0 Å². The summed E-state index contributed by atoms with van der Waals surface area (Å²) in [6.45, 7) is 8.02. The second-order valence-electron chi connectivity index (χ2n) is 6.44. The van der Waals surface area contributed by atoms with Crippen molar-refractivity contribution in [1.29, 1.82) is 0 Å². The Morgan fingerprint density at radius 2 is 1.81 bits per heavy atom. The zero-order valence-corrected chi connectivity index (χ0v) is 14.5. The van der Waals surface area contributed by atoms with Crippen molar-refractivity contribution in [3.8, 4) is 0 Å². The number of benzene rings is 1. The molecule has 0 unspecified atom stereocenters. The standard InChI is InChI=1S/C15H24N2O2S.ClH/c1-15(2,3)12-6-8-14(9-7-12)20(18,19)17-13-5-4-10-16-11-13;/h6-9,13,16-17H,4-5,10-11H2,1-3H3;1H/t13-;/m1./s1. The van der Waals surface area contributed by atoms with Crippen LogP contribution in [0, 0.1) is 0 Å². The maximum atomic E-state index is 12.3. The van der Waals surface area contributed by atoms with Gasteiger partial charge in [0.25, 0.3) is 0 Å². The number of halogens is 1. The third-order valence-electron chi connectivity index (χ3n) is 3.65. The number of hydrogen-bond acceptors (Lipinski definition) is 3. The quantitative estimate of drug-likeness (QED) is 0.893. The van der Waals surface area contributed by atoms with Crippen molar-refractivity contribution in [1.82, 2.24) is 10.0 Å². The smallest absolute Gasteiger partial charge is 0.240 e. The van der Waals surface area contributed by atoms with Gasteiger partial charge in [-0.05, 0) is 42.5 Å². The summed E-state index contributed by atoms with van der Waals surface area (Å²) in [5.41, 5.74) is 1.17. The first-order valence-corrected chi connectivity index (χ1v) is 8.61. The van der Waals surface area contributed by atoms with Crippen molar-refractivity contribution in [2.75, 3.05) is 13.1 Å². The molecule has 1 atom stereocenters. The Balaban J connectivity index is 0.00000220. The number of nitrogens with one attached hydrogen (secondary N) is 2. The highest BCUT2D eigenvalue weighted by atomic mass is 35.5. The van der Waals surface area contributed by atoms with Crippen LogP contribution in [0.25, 0.3) is 0 Å². The van der Waals surface area contributed by atoms with E-state index < -0.39 is 10.0 Å². The third-order valence-corrected chi connectivity index (χ3v) is 5.19. The van der Waals surface area contributed by atoms with Crippen LogP contribution in [0.2, 0.25) is 0 Å². The molecule has 0 spiro atoms. The molecule has 0 amide bonds. The molecule has 0 bridgehead atoms.